The number of aryl methyl sites for hydroxylation is 1. The third-order valence-corrected chi connectivity index (χ3v) is 5.86. The summed E-state index contributed by atoms with van der Waals surface area (Å²) < 4.78 is 24.1. The van der Waals surface area contributed by atoms with Crippen LogP contribution in [0.1, 0.15) is 31.2 Å². The molecule has 0 heterocycles. The Kier molecular flexibility index (Phi) is 4.32. The number of carbonyl (C=O) groups excluding carboxylic acids is 1. The molecule has 1 amide bonds. The molecule has 0 bridgehead atoms. The molecular weight excluding hydrogens is 276 g/mol. The highest BCUT2D eigenvalue weighted by atomic mass is 32.2. The van der Waals surface area contributed by atoms with E-state index < -0.39 is 21.5 Å². The Bertz CT molecular complexity index is 605. The number of hydrogen-bond donors (Lipinski definition) is 2. The van der Waals surface area contributed by atoms with Gasteiger partial charge in [0.05, 0.1) is 5.25 Å². The van der Waals surface area contributed by atoms with Gasteiger partial charge in [-0.05, 0) is 37.5 Å². The van der Waals surface area contributed by atoms with Crippen molar-refractivity contribution in [2.24, 2.45) is 0 Å². The van der Waals surface area contributed by atoms with Gasteiger partial charge < -0.3 is 11.1 Å². The molecule has 1 aliphatic carbocycles. The van der Waals surface area contributed by atoms with Gasteiger partial charge in [-0.25, -0.2) is 8.42 Å². The summed E-state index contributed by atoms with van der Waals surface area (Å²) in [4.78, 5) is 11.8. The number of sulfone groups is 1. The number of nitrogen functional groups attached to an aromatic ring is 1. The van der Waals surface area contributed by atoms with E-state index in [2.05, 4.69) is 5.32 Å². The summed E-state index contributed by atoms with van der Waals surface area (Å²) in [5.74, 6) is -0.953. The van der Waals surface area contributed by atoms with Crippen LogP contribution < -0.4 is 11.1 Å². The molecule has 0 spiro atoms. The van der Waals surface area contributed by atoms with E-state index in [0.717, 1.165) is 18.4 Å². The van der Waals surface area contributed by atoms with Crippen molar-refractivity contribution in [2.45, 2.75) is 37.9 Å². The lowest BCUT2D eigenvalue weighted by atomic mass is 10.2. The van der Waals surface area contributed by atoms with E-state index in [0.29, 0.717) is 24.2 Å². The van der Waals surface area contributed by atoms with E-state index in [1.165, 1.54) is 0 Å². The molecule has 1 aliphatic rings. The first kappa shape index (κ1) is 14.8. The molecule has 3 N–H and O–H groups in total. The Morgan fingerprint density at radius 1 is 1.35 bits per heavy atom. The lowest BCUT2D eigenvalue weighted by molar-refractivity contribution is -0.113. The maximum absolute atomic E-state index is 12.1. The highest BCUT2D eigenvalue weighted by Gasteiger charge is 2.30. The lowest BCUT2D eigenvalue weighted by Crippen LogP contribution is -2.29. The number of rotatable bonds is 4. The molecule has 1 fully saturated rings. The minimum absolute atomic E-state index is 0.351. The third-order valence-electron chi connectivity index (χ3n) is 3.71. The van der Waals surface area contributed by atoms with Gasteiger partial charge in [0.25, 0.3) is 0 Å². The van der Waals surface area contributed by atoms with Gasteiger partial charge in [-0.2, -0.15) is 0 Å². The minimum Gasteiger partial charge on any atom is -0.398 e. The molecule has 0 radical (unpaired) electrons. The molecule has 20 heavy (non-hydrogen) atoms. The number of nitrogens with one attached hydrogen (secondary N) is 1. The summed E-state index contributed by atoms with van der Waals surface area (Å²) in [6, 6.07) is 5.14. The Labute approximate surface area is 119 Å². The SMILES string of the molecule is Cc1ccc(NC(=O)CS(=O)(=O)C2CCCC2)cc1N. The highest BCUT2D eigenvalue weighted by molar-refractivity contribution is 7.92. The van der Waals surface area contributed by atoms with E-state index in [-0.39, 0.29) is 5.25 Å². The van der Waals surface area contributed by atoms with Crippen molar-refractivity contribution in [3.63, 3.8) is 0 Å². The smallest absolute Gasteiger partial charge is 0.239 e. The van der Waals surface area contributed by atoms with Crippen LogP contribution in [0.3, 0.4) is 0 Å². The average molecular weight is 296 g/mol. The monoisotopic (exact) mass is 296 g/mol. The van der Waals surface area contributed by atoms with Crippen LogP contribution in [0.15, 0.2) is 18.2 Å². The Morgan fingerprint density at radius 2 is 2.00 bits per heavy atom. The lowest BCUT2D eigenvalue weighted by Gasteiger charge is -2.11. The largest absolute Gasteiger partial charge is 0.398 e. The van der Waals surface area contributed by atoms with Crippen molar-refractivity contribution in [3.05, 3.63) is 23.8 Å². The number of anilines is 2. The fourth-order valence-corrected chi connectivity index (χ4v) is 4.19. The van der Waals surface area contributed by atoms with Gasteiger partial charge in [0.1, 0.15) is 5.75 Å². The average Bonchev–Trinajstić information content (AvgIpc) is 2.87. The number of amides is 1. The Morgan fingerprint density at radius 3 is 2.60 bits per heavy atom. The second-order valence-corrected chi connectivity index (χ2v) is 7.61. The number of benzene rings is 1. The predicted molar refractivity (Wildman–Crippen MR) is 80.3 cm³/mol. The Balaban J connectivity index is 1.99. The topological polar surface area (TPSA) is 89.3 Å². The van der Waals surface area contributed by atoms with Gasteiger partial charge in [0.2, 0.25) is 5.91 Å². The van der Waals surface area contributed by atoms with E-state index in [1.54, 1.807) is 18.2 Å². The van der Waals surface area contributed by atoms with Crippen LogP contribution in [-0.2, 0) is 14.6 Å². The second kappa shape index (κ2) is 5.83. The van der Waals surface area contributed by atoms with Crippen molar-refractivity contribution in [2.75, 3.05) is 16.8 Å². The summed E-state index contributed by atoms with van der Waals surface area (Å²) in [6.07, 6.45) is 3.21. The first-order valence-electron chi connectivity index (χ1n) is 6.76. The van der Waals surface area contributed by atoms with E-state index in [4.69, 9.17) is 5.73 Å². The molecule has 0 atom stereocenters. The normalized spacial score (nSPS) is 16.2. The molecule has 6 heteroatoms. The van der Waals surface area contributed by atoms with Gasteiger partial charge in [-0.1, -0.05) is 18.9 Å². The highest BCUT2D eigenvalue weighted by Crippen LogP contribution is 2.25. The van der Waals surface area contributed by atoms with Gasteiger partial charge >= 0.3 is 0 Å². The van der Waals surface area contributed by atoms with Crippen molar-refractivity contribution in [3.8, 4) is 0 Å². The maximum Gasteiger partial charge on any atom is 0.239 e. The van der Waals surface area contributed by atoms with Gasteiger partial charge in [-0.15, -0.1) is 0 Å². The minimum atomic E-state index is -3.34. The molecule has 2 rings (SSSR count). The Hall–Kier alpha value is -1.56. The van der Waals surface area contributed by atoms with Gasteiger partial charge in [-0.3, -0.25) is 4.79 Å². The van der Waals surface area contributed by atoms with E-state index in [1.807, 2.05) is 6.92 Å². The van der Waals surface area contributed by atoms with Crippen LogP contribution in [0.2, 0.25) is 0 Å². The van der Waals surface area contributed by atoms with Crippen LogP contribution in [0.4, 0.5) is 11.4 Å². The first-order chi connectivity index (χ1) is 9.38. The molecule has 0 aliphatic heterocycles. The summed E-state index contributed by atoms with van der Waals surface area (Å²) in [6.45, 7) is 1.87. The molecule has 110 valence electrons. The molecule has 1 saturated carbocycles. The molecule has 0 saturated heterocycles. The second-order valence-electron chi connectivity index (χ2n) is 5.33. The van der Waals surface area contributed by atoms with Crippen molar-refractivity contribution in [1.82, 2.24) is 0 Å². The number of nitrogens with two attached hydrogens (primary N) is 1. The zero-order chi connectivity index (χ0) is 14.8. The van der Waals surface area contributed by atoms with Gasteiger partial charge in [0.15, 0.2) is 9.84 Å². The summed E-state index contributed by atoms with van der Waals surface area (Å²) in [5, 5.41) is 2.24. The summed E-state index contributed by atoms with van der Waals surface area (Å²) in [7, 11) is -3.34. The van der Waals surface area contributed by atoms with Crippen molar-refractivity contribution < 1.29 is 13.2 Å². The summed E-state index contributed by atoms with van der Waals surface area (Å²) in [5.41, 5.74) is 7.77. The molecule has 0 aromatic heterocycles. The number of carbonyl (C=O) groups is 1. The fourth-order valence-electron chi connectivity index (χ4n) is 2.46. The zero-order valence-corrected chi connectivity index (χ0v) is 12.4. The molecular formula is C14H20N2O3S. The predicted octanol–water partition coefficient (Wildman–Crippen LogP) is 1.87. The van der Waals surface area contributed by atoms with E-state index in [9.17, 15) is 13.2 Å². The quantitative estimate of drug-likeness (QED) is 0.830. The third kappa shape index (κ3) is 3.50. The van der Waals surface area contributed by atoms with Crippen molar-refractivity contribution >= 4 is 27.1 Å². The maximum atomic E-state index is 12.1. The molecule has 0 unspecified atom stereocenters. The summed E-state index contributed by atoms with van der Waals surface area (Å²) >= 11 is 0. The van der Waals surface area contributed by atoms with E-state index >= 15 is 0 Å². The van der Waals surface area contributed by atoms with Crippen LogP contribution in [-0.4, -0.2) is 25.3 Å². The zero-order valence-electron chi connectivity index (χ0n) is 11.6. The number of hydrogen-bond acceptors (Lipinski definition) is 4. The molecule has 1 aromatic carbocycles. The molecule has 5 nitrogen and oxygen atoms in total. The molecule has 1 aromatic rings. The fraction of sp³-hybridized carbons (Fsp3) is 0.500. The van der Waals surface area contributed by atoms with Crippen LogP contribution in [0.5, 0.6) is 0 Å². The van der Waals surface area contributed by atoms with Gasteiger partial charge in [0, 0.05) is 11.4 Å². The van der Waals surface area contributed by atoms with Crippen LogP contribution in [0, 0.1) is 6.92 Å². The van der Waals surface area contributed by atoms with Crippen molar-refractivity contribution in [1.29, 1.82) is 0 Å². The van der Waals surface area contributed by atoms with Crippen LogP contribution >= 0.6 is 0 Å². The van der Waals surface area contributed by atoms with Crippen LogP contribution in [0.25, 0.3) is 0 Å². The first-order valence-corrected chi connectivity index (χ1v) is 8.47. The standard InChI is InChI=1S/C14H20N2O3S/c1-10-6-7-11(8-13(10)15)16-14(17)9-20(18,19)12-4-2-3-5-12/h6-8,12H,2-5,9,15H2,1H3,(H,16,17).